The van der Waals surface area contributed by atoms with Crippen molar-refractivity contribution in [2.24, 2.45) is 0 Å². The average molecular weight is 288 g/mol. The van der Waals surface area contributed by atoms with Gasteiger partial charge in [-0.1, -0.05) is 28.1 Å². The highest BCUT2D eigenvalue weighted by Gasteiger charge is 2.05. The molecule has 2 aromatic carbocycles. The predicted octanol–water partition coefficient (Wildman–Crippen LogP) is 4.57. The molecule has 0 unspecified atom stereocenters. The number of rotatable bonds is 1. The number of halogens is 1. The van der Waals surface area contributed by atoms with Crippen molar-refractivity contribution < 1.29 is 4.42 Å². The maximum absolute atomic E-state index is 5.52. The van der Waals surface area contributed by atoms with E-state index in [1.165, 1.54) is 10.8 Å². The van der Waals surface area contributed by atoms with Crippen LogP contribution in [0.4, 0.5) is 0 Å². The molecule has 3 heteroatoms. The fourth-order valence-corrected chi connectivity index (χ4v) is 2.22. The van der Waals surface area contributed by atoms with Gasteiger partial charge in [0.25, 0.3) is 0 Å². The molecule has 0 radical (unpaired) electrons. The first-order chi connectivity index (χ1) is 8.22. The first-order valence-electron chi connectivity index (χ1n) is 5.34. The highest BCUT2D eigenvalue weighted by atomic mass is 79.9. The molecule has 0 amide bonds. The number of hydrogen-bond donors (Lipinski definition) is 0. The topological polar surface area (TPSA) is 26.0 Å². The molecule has 2 nitrogen and oxygen atoms in total. The number of nitrogens with zero attached hydrogens (tertiary/aromatic N) is 1. The van der Waals surface area contributed by atoms with E-state index in [9.17, 15) is 0 Å². The summed E-state index contributed by atoms with van der Waals surface area (Å²) in [5.74, 6) is 1.50. The van der Waals surface area contributed by atoms with Crippen LogP contribution >= 0.6 is 15.9 Å². The quantitative estimate of drug-likeness (QED) is 0.655. The van der Waals surface area contributed by atoms with Crippen LogP contribution in [0.25, 0.3) is 22.2 Å². The van der Waals surface area contributed by atoms with Gasteiger partial charge in [0, 0.05) is 10.0 Å². The number of benzene rings is 2. The van der Waals surface area contributed by atoms with Crippen LogP contribution in [0.2, 0.25) is 0 Å². The van der Waals surface area contributed by atoms with Gasteiger partial charge in [0.15, 0.2) is 0 Å². The molecule has 0 bridgehead atoms. The largest absolute Gasteiger partial charge is 0.441 e. The number of oxazole rings is 1. The van der Waals surface area contributed by atoms with Crippen molar-refractivity contribution >= 4 is 26.7 Å². The van der Waals surface area contributed by atoms with Crippen LogP contribution in [0.3, 0.4) is 0 Å². The van der Waals surface area contributed by atoms with Crippen LogP contribution in [-0.4, -0.2) is 4.98 Å². The van der Waals surface area contributed by atoms with E-state index in [0.717, 1.165) is 15.8 Å². The van der Waals surface area contributed by atoms with E-state index in [-0.39, 0.29) is 0 Å². The zero-order valence-corrected chi connectivity index (χ0v) is 10.9. The minimum absolute atomic E-state index is 0.673. The molecule has 0 atom stereocenters. The molecule has 3 rings (SSSR count). The maximum Gasteiger partial charge on any atom is 0.226 e. The summed E-state index contributed by atoms with van der Waals surface area (Å²) in [5, 5.41) is 2.38. The van der Waals surface area contributed by atoms with E-state index in [4.69, 9.17) is 4.42 Å². The van der Waals surface area contributed by atoms with Crippen molar-refractivity contribution in [1.82, 2.24) is 4.98 Å². The number of hydrogen-bond acceptors (Lipinski definition) is 2. The van der Waals surface area contributed by atoms with Crippen LogP contribution < -0.4 is 0 Å². The maximum atomic E-state index is 5.52. The van der Waals surface area contributed by atoms with E-state index < -0.39 is 0 Å². The zero-order valence-electron chi connectivity index (χ0n) is 9.27. The predicted molar refractivity (Wildman–Crippen MR) is 71.9 cm³/mol. The molecule has 0 saturated heterocycles. The minimum Gasteiger partial charge on any atom is -0.441 e. The second kappa shape index (κ2) is 4.00. The molecule has 0 saturated carbocycles. The fourth-order valence-electron chi connectivity index (χ4n) is 1.84. The van der Waals surface area contributed by atoms with Crippen LogP contribution in [-0.2, 0) is 0 Å². The SMILES string of the molecule is Cc1cnc(-c2ccc3cc(Br)ccc3c2)o1. The van der Waals surface area contributed by atoms with Crippen molar-refractivity contribution in [2.45, 2.75) is 6.92 Å². The number of fused-ring (bicyclic) bond motifs is 1. The summed E-state index contributed by atoms with van der Waals surface area (Å²) in [4.78, 5) is 4.23. The Bertz CT molecular complexity index is 688. The van der Waals surface area contributed by atoms with Gasteiger partial charge >= 0.3 is 0 Å². The van der Waals surface area contributed by atoms with E-state index in [2.05, 4.69) is 45.2 Å². The van der Waals surface area contributed by atoms with Crippen LogP contribution in [0, 0.1) is 6.92 Å². The summed E-state index contributed by atoms with van der Waals surface area (Å²) in [6.07, 6.45) is 1.74. The monoisotopic (exact) mass is 287 g/mol. The molecular formula is C14H10BrNO. The highest BCUT2D eigenvalue weighted by molar-refractivity contribution is 9.10. The van der Waals surface area contributed by atoms with Crippen LogP contribution in [0.15, 0.2) is 51.5 Å². The molecule has 17 heavy (non-hydrogen) atoms. The van der Waals surface area contributed by atoms with E-state index in [1.54, 1.807) is 6.20 Å². The summed E-state index contributed by atoms with van der Waals surface area (Å²) < 4.78 is 6.61. The molecule has 0 spiro atoms. The molecule has 1 heterocycles. The third kappa shape index (κ3) is 1.98. The smallest absolute Gasteiger partial charge is 0.226 e. The lowest BCUT2D eigenvalue weighted by Crippen LogP contribution is -1.78. The van der Waals surface area contributed by atoms with Crippen LogP contribution in [0.1, 0.15) is 5.76 Å². The summed E-state index contributed by atoms with van der Waals surface area (Å²) in [6, 6.07) is 12.4. The molecule has 0 aliphatic rings. The van der Waals surface area contributed by atoms with Crippen molar-refractivity contribution in [2.75, 3.05) is 0 Å². The first-order valence-corrected chi connectivity index (χ1v) is 6.14. The molecule has 0 fully saturated rings. The zero-order chi connectivity index (χ0) is 11.8. The van der Waals surface area contributed by atoms with E-state index in [0.29, 0.717) is 5.89 Å². The van der Waals surface area contributed by atoms with Gasteiger partial charge in [-0.15, -0.1) is 0 Å². The summed E-state index contributed by atoms with van der Waals surface area (Å²) in [5.41, 5.74) is 1.01. The lowest BCUT2D eigenvalue weighted by molar-refractivity contribution is 0.542. The summed E-state index contributed by atoms with van der Waals surface area (Å²) >= 11 is 3.47. The standard InChI is InChI=1S/C14H10BrNO/c1-9-8-16-14(17-9)12-3-2-11-7-13(15)5-4-10(11)6-12/h2-8H,1H3. The minimum atomic E-state index is 0.673. The first kappa shape index (κ1) is 10.5. The molecule has 3 aromatic rings. The second-order valence-corrected chi connectivity index (χ2v) is 4.90. The number of aryl methyl sites for hydroxylation is 1. The lowest BCUT2D eigenvalue weighted by Gasteiger charge is -2.01. The molecule has 0 N–H and O–H groups in total. The van der Waals surface area contributed by atoms with Gasteiger partial charge < -0.3 is 4.42 Å². The van der Waals surface area contributed by atoms with Crippen molar-refractivity contribution in [3.8, 4) is 11.5 Å². The van der Waals surface area contributed by atoms with Gasteiger partial charge in [-0.25, -0.2) is 4.98 Å². The van der Waals surface area contributed by atoms with Gasteiger partial charge in [-0.3, -0.25) is 0 Å². The second-order valence-electron chi connectivity index (χ2n) is 3.98. The molecule has 0 aliphatic heterocycles. The molecule has 84 valence electrons. The Kier molecular flexibility index (Phi) is 2.48. The third-order valence-corrected chi connectivity index (χ3v) is 3.16. The average Bonchev–Trinajstić information content (AvgIpc) is 2.75. The van der Waals surface area contributed by atoms with E-state index in [1.807, 2.05) is 19.1 Å². The summed E-state index contributed by atoms with van der Waals surface area (Å²) in [7, 11) is 0. The van der Waals surface area contributed by atoms with Gasteiger partial charge in [-0.2, -0.15) is 0 Å². The summed E-state index contributed by atoms with van der Waals surface area (Å²) in [6.45, 7) is 1.90. The fraction of sp³-hybridized carbons (Fsp3) is 0.0714. The molecular weight excluding hydrogens is 278 g/mol. The Morgan fingerprint density at radius 1 is 1.06 bits per heavy atom. The van der Waals surface area contributed by atoms with E-state index >= 15 is 0 Å². The third-order valence-electron chi connectivity index (χ3n) is 2.67. The lowest BCUT2D eigenvalue weighted by atomic mass is 10.1. The molecule has 1 aromatic heterocycles. The Morgan fingerprint density at radius 3 is 2.59 bits per heavy atom. The van der Waals surface area contributed by atoms with Gasteiger partial charge in [0.1, 0.15) is 5.76 Å². The van der Waals surface area contributed by atoms with Crippen LogP contribution in [0.5, 0.6) is 0 Å². The Hall–Kier alpha value is -1.61. The van der Waals surface area contributed by atoms with Gasteiger partial charge in [0.2, 0.25) is 5.89 Å². The van der Waals surface area contributed by atoms with Gasteiger partial charge in [-0.05, 0) is 42.0 Å². The Labute approximate surface area is 107 Å². The number of aromatic nitrogens is 1. The normalized spacial score (nSPS) is 10.9. The molecule has 0 aliphatic carbocycles. The van der Waals surface area contributed by atoms with Gasteiger partial charge in [0.05, 0.1) is 6.20 Å². The van der Waals surface area contributed by atoms with Crippen molar-refractivity contribution in [3.05, 3.63) is 52.8 Å². The highest BCUT2D eigenvalue weighted by Crippen LogP contribution is 2.26. The Morgan fingerprint density at radius 2 is 1.82 bits per heavy atom. The van der Waals surface area contributed by atoms with Crippen molar-refractivity contribution in [3.63, 3.8) is 0 Å². The Balaban J connectivity index is 2.16. The van der Waals surface area contributed by atoms with Crippen molar-refractivity contribution in [1.29, 1.82) is 0 Å².